The normalized spacial score (nSPS) is 14.2. The standard InChI is InChI=1S/C20H20FN3O2/c1-13(15-5-2-4-14(10-15)11-22)24-20(25)23-12-16-6-3-7-18(19(16)21)26-17-8-9-17/h2-7,10,13,17H,8-9,12H2,1H3,(H2,23,24,25). The van der Waals surface area contributed by atoms with Crippen molar-refractivity contribution in [1.82, 2.24) is 10.6 Å². The Labute approximate surface area is 151 Å². The quantitative estimate of drug-likeness (QED) is 0.829. The number of nitriles is 1. The maximum absolute atomic E-state index is 14.4. The summed E-state index contributed by atoms with van der Waals surface area (Å²) < 4.78 is 19.9. The van der Waals surface area contributed by atoms with Crippen molar-refractivity contribution in [2.24, 2.45) is 0 Å². The molecule has 3 rings (SSSR count). The lowest BCUT2D eigenvalue weighted by Crippen LogP contribution is -2.36. The third-order valence-corrected chi connectivity index (χ3v) is 4.16. The van der Waals surface area contributed by atoms with E-state index >= 15 is 0 Å². The third-order valence-electron chi connectivity index (χ3n) is 4.16. The van der Waals surface area contributed by atoms with E-state index in [1.165, 1.54) is 0 Å². The van der Waals surface area contributed by atoms with Crippen LogP contribution in [-0.2, 0) is 6.54 Å². The fourth-order valence-electron chi connectivity index (χ4n) is 2.53. The summed E-state index contributed by atoms with van der Waals surface area (Å²) in [5, 5.41) is 14.4. The zero-order valence-corrected chi connectivity index (χ0v) is 14.5. The van der Waals surface area contributed by atoms with Crippen molar-refractivity contribution in [3.8, 4) is 11.8 Å². The summed E-state index contributed by atoms with van der Waals surface area (Å²) in [5.41, 5.74) is 1.73. The molecule has 5 nitrogen and oxygen atoms in total. The van der Waals surface area contributed by atoms with Gasteiger partial charge in [-0.05, 0) is 43.5 Å². The van der Waals surface area contributed by atoms with E-state index in [4.69, 9.17) is 10.00 Å². The molecule has 1 saturated carbocycles. The van der Waals surface area contributed by atoms with E-state index < -0.39 is 11.8 Å². The maximum atomic E-state index is 14.4. The average Bonchev–Trinajstić information content (AvgIpc) is 3.46. The molecule has 134 valence electrons. The second-order valence-electron chi connectivity index (χ2n) is 6.33. The Bertz CT molecular complexity index is 843. The van der Waals surface area contributed by atoms with Crippen molar-refractivity contribution in [1.29, 1.82) is 5.26 Å². The molecule has 1 unspecified atom stereocenters. The number of halogens is 1. The average molecular weight is 353 g/mol. The van der Waals surface area contributed by atoms with Gasteiger partial charge in [-0.15, -0.1) is 0 Å². The molecule has 1 atom stereocenters. The molecule has 2 aromatic carbocycles. The fourth-order valence-corrected chi connectivity index (χ4v) is 2.53. The molecule has 0 aromatic heterocycles. The van der Waals surface area contributed by atoms with Crippen LogP contribution in [-0.4, -0.2) is 12.1 Å². The van der Waals surface area contributed by atoms with Gasteiger partial charge in [0, 0.05) is 12.1 Å². The van der Waals surface area contributed by atoms with Crippen LogP contribution in [0, 0.1) is 17.1 Å². The van der Waals surface area contributed by atoms with Gasteiger partial charge in [0.15, 0.2) is 11.6 Å². The van der Waals surface area contributed by atoms with E-state index in [0.717, 1.165) is 18.4 Å². The number of carbonyl (C=O) groups excluding carboxylic acids is 1. The fraction of sp³-hybridized carbons (Fsp3) is 0.300. The van der Waals surface area contributed by atoms with Gasteiger partial charge in [0.2, 0.25) is 0 Å². The van der Waals surface area contributed by atoms with Crippen LogP contribution in [0.15, 0.2) is 42.5 Å². The molecule has 1 aliphatic rings. The second-order valence-corrected chi connectivity index (χ2v) is 6.33. The molecule has 2 aromatic rings. The molecule has 0 spiro atoms. The number of amides is 2. The minimum Gasteiger partial charge on any atom is -0.487 e. The van der Waals surface area contributed by atoms with E-state index in [0.29, 0.717) is 11.1 Å². The number of nitrogens with zero attached hydrogens (tertiary/aromatic N) is 1. The molecule has 0 radical (unpaired) electrons. The SMILES string of the molecule is CC(NC(=O)NCc1cccc(OC2CC2)c1F)c1cccc(C#N)c1. The van der Waals surface area contributed by atoms with Gasteiger partial charge in [-0.1, -0.05) is 24.3 Å². The highest BCUT2D eigenvalue weighted by atomic mass is 19.1. The van der Waals surface area contributed by atoms with Crippen molar-refractivity contribution in [2.45, 2.75) is 38.5 Å². The van der Waals surface area contributed by atoms with Crippen LogP contribution >= 0.6 is 0 Å². The summed E-state index contributed by atoms with van der Waals surface area (Å²) in [6.45, 7) is 1.88. The Hall–Kier alpha value is -3.07. The Morgan fingerprint density at radius 2 is 2.12 bits per heavy atom. The molecule has 2 N–H and O–H groups in total. The van der Waals surface area contributed by atoms with Gasteiger partial charge in [-0.2, -0.15) is 5.26 Å². The van der Waals surface area contributed by atoms with Crippen molar-refractivity contribution in [2.75, 3.05) is 0 Å². The van der Waals surface area contributed by atoms with E-state index in [2.05, 4.69) is 16.7 Å². The van der Waals surface area contributed by atoms with Crippen LogP contribution < -0.4 is 15.4 Å². The first-order valence-electron chi connectivity index (χ1n) is 8.55. The Morgan fingerprint density at radius 3 is 2.85 bits per heavy atom. The third kappa shape index (κ3) is 4.51. The number of carbonyl (C=O) groups is 1. The van der Waals surface area contributed by atoms with Gasteiger partial charge in [-0.25, -0.2) is 9.18 Å². The van der Waals surface area contributed by atoms with Crippen molar-refractivity contribution in [3.05, 3.63) is 65.0 Å². The van der Waals surface area contributed by atoms with Crippen LogP contribution in [0.5, 0.6) is 5.75 Å². The number of nitrogens with one attached hydrogen (secondary N) is 2. The van der Waals surface area contributed by atoms with E-state index in [9.17, 15) is 9.18 Å². The summed E-state index contributed by atoms with van der Waals surface area (Å²) >= 11 is 0. The van der Waals surface area contributed by atoms with E-state index in [1.807, 2.05) is 13.0 Å². The first-order valence-corrected chi connectivity index (χ1v) is 8.55. The summed E-state index contributed by atoms with van der Waals surface area (Å²) in [6.07, 6.45) is 2.02. The van der Waals surface area contributed by atoms with Crippen LogP contribution in [0.3, 0.4) is 0 Å². The van der Waals surface area contributed by atoms with Crippen LogP contribution in [0.2, 0.25) is 0 Å². The number of benzene rings is 2. The number of urea groups is 1. The highest BCUT2D eigenvalue weighted by molar-refractivity contribution is 5.74. The Morgan fingerprint density at radius 1 is 1.35 bits per heavy atom. The molecular formula is C20H20FN3O2. The minimum absolute atomic E-state index is 0.0600. The highest BCUT2D eigenvalue weighted by Crippen LogP contribution is 2.29. The van der Waals surface area contributed by atoms with Gasteiger partial charge in [0.05, 0.1) is 23.8 Å². The number of rotatable bonds is 6. The molecule has 6 heteroatoms. The molecule has 0 heterocycles. The van der Waals surface area contributed by atoms with Crippen LogP contribution in [0.25, 0.3) is 0 Å². The minimum atomic E-state index is -0.436. The van der Waals surface area contributed by atoms with Crippen molar-refractivity contribution >= 4 is 6.03 Å². The van der Waals surface area contributed by atoms with Gasteiger partial charge in [-0.3, -0.25) is 0 Å². The Kier molecular flexibility index (Phi) is 5.37. The maximum Gasteiger partial charge on any atom is 0.315 e. The second kappa shape index (κ2) is 7.87. The van der Waals surface area contributed by atoms with Crippen LogP contribution in [0.4, 0.5) is 9.18 Å². The lowest BCUT2D eigenvalue weighted by Gasteiger charge is -2.16. The lowest BCUT2D eigenvalue weighted by atomic mass is 10.1. The molecule has 2 amide bonds. The molecule has 0 saturated heterocycles. The zero-order chi connectivity index (χ0) is 18.5. The van der Waals surface area contributed by atoms with E-state index in [-0.39, 0.29) is 24.4 Å². The van der Waals surface area contributed by atoms with Crippen molar-refractivity contribution in [3.63, 3.8) is 0 Å². The first kappa shape index (κ1) is 17.7. The topological polar surface area (TPSA) is 74.2 Å². The lowest BCUT2D eigenvalue weighted by molar-refractivity contribution is 0.237. The van der Waals surface area contributed by atoms with Gasteiger partial charge >= 0.3 is 6.03 Å². The summed E-state index contributed by atoms with van der Waals surface area (Å²) in [4.78, 5) is 12.1. The summed E-state index contributed by atoms with van der Waals surface area (Å²) in [7, 11) is 0. The summed E-state index contributed by atoms with van der Waals surface area (Å²) in [5.74, 6) is -0.205. The summed E-state index contributed by atoms with van der Waals surface area (Å²) in [6, 6.07) is 13.3. The number of hydrogen-bond donors (Lipinski definition) is 2. The Balaban J connectivity index is 1.56. The predicted molar refractivity (Wildman–Crippen MR) is 95.0 cm³/mol. The monoisotopic (exact) mass is 353 g/mol. The van der Waals surface area contributed by atoms with Gasteiger partial charge < -0.3 is 15.4 Å². The molecule has 0 aliphatic heterocycles. The van der Waals surface area contributed by atoms with Crippen molar-refractivity contribution < 1.29 is 13.9 Å². The van der Waals surface area contributed by atoms with Gasteiger partial charge in [0.1, 0.15) is 0 Å². The smallest absolute Gasteiger partial charge is 0.315 e. The molecule has 1 fully saturated rings. The van der Waals surface area contributed by atoms with Gasteiger partial charge in [0.25, 0.3) is 0 Å². The first-order chi connectivity index (χ1) is 12.6. The highest BCUT2D eigenvalue weighted by Gasteiger charge is 2.25. The number of hydrogen-bond acceptors (Lipinski definition) is 3. The largest absolute Gasteiger partial charge is 0.487 e. The molecule has 1 aliphatic carbocycles. The molecule has 0 bridgehead atoms. The zero-order valence-electron chi connectivity index (χ0n) is 14.5. The predicted octanol–water partition coefficient (Wildman–Crippen LogP) is 3.80. The molecule has 26 heavy (non-hydrogen) atoms. The molecular weight excluding hydrogens is 333 g/mol. The van der Waals surface area contributed by atoms with Crippen LogP contribution in [0.1, 0.15) is 42.5 Å². The number of ether oxygens (including phenoxy) is 1. The van der Waals surface area contributed by atoms with E-state index in [1.54, 1.807) is 36.4 Å².